The van der Waals surface area contributed by atoms with Crippen LogP contribution < -0.4 is 16.4 Å². The van der Waals surface area contributed by atoms with Gasteiger partial charge in [-0.25, -0.2) is 23.1 Å². The van der Waals surface area contributed by atoms with E-state index in [1.54, 1.807) is 12.1 Å². The van der Waals surface area contributed by atoms with Gasteiger partial charge in [-0.1, -0.05) is 12.1 Å². The summed E-state index contributed by atoms with van der Waals surface area (Å²) in [5.74, 6) is -1.25. The zero-order valence-corrected chi connectivity index (χ0v) is 12.9. The Hall–Kier alpha value is -3.29. The molecule has 0 fully saturated rings. The first kappa shape index (κ1) is 16.6. The highest BCUT2D eigenvalue weighted by Crippen LogP contribution is 2.27. The van der Waals surface area contributed by atoms with E-state index in [1.807, 2.05) is 0 Å². The summed E-state index contributed by atoms with van der Waals surface area (Å²) in [6.45, 7) is 0.367. The molecule has 3 rings (SSSR count). The SMILES string of the molecule is Nc1c(NCc2ccc(F)cc2)ncnc1Nc1ccc(F)cc1F. The molecule has 25 heavy (non-hydrogen) atoms. The third-order valence-electron chi connectivity index (χ3n) is 3.44. The molecule has 0 aliphatic heterocycles. The van der Waals surface area contributed by atoms with Crippen molar-refractivity contribution < 1.29 is 13.2 Å². The van der Waals surface area contributed by atoms with Crippen molar-refractivity contribution in [2.45, 2.75) is 6.54 Å². The van der Waals surface area contributed by atoms with E-state index in [-0.39, 0.29) is 23.0 Å². The first-order chi connectivity index (χ1) is 12.0. The van der Waals surface area contributed by atoms with Gasteiger partial charge in [0.2, 0.25) is 0 Å². The van der Waals surface area contributed by atoms with Gasteiger partial charge in [-0.05, 0) is 29.8 Å². The van der Waals surface area contributed by atoms with Crippen molar-refractivity contribution in [3.05, 3.63) is 71.8 Å². The predicted molar refractivity (Wildman–Crippen MR) is 89.8 cm³/mol. The average Bonchev–Trinajstić information content (AvgIpc) is 2.59. The van der Waals surface area contributed by atoms with Crippen LogP contribution in [0, 0.1) is 17.5 Å². The number of nitrogens with one attached hydrogen (secondary N) is 2. The van der Waals surface area contributed by atoms with Crippen LogP contribution in [0.15, 0.2) is 48.8 Å². The lowest BCUT2D eigenvalue weighted by Gasteiger charge is -2.13. The Kier molecular flexibility index (Phi) is 4.69. The normalized spacial score (nSPS) is 10.5. The van der Waals surface area contributed by atoms with Gasteiger partial charge in [0.05, 0.1) is 5.69 Å². The summed E-state index contributed by atoms with van der Waals surface area (Å²) in [4.78, 5) is 8.00. The molecule has 0 unspecified atom stereocenters. The number of nitrogens with two attached hydrogens (primary N) is 1. The van der Waals surface area contributed by atoms with E-state index in [0.717, 1.165) is 17.7 Å². The summed E-state index contributed by atoms with van der Waals surface area (Å²) in [5, 5.41) is 5.71. The Morgan fingerprint density at radius 2 is 1.56 bits per heavy atom. The fourth-order valence-electron chi connectivity index (χ4n) is 2.14. The summed E-state index contributed by atoms with van der Waals surface area (Å²) in [5.41, 5.74) is 7.04. The molecule has 1 heterocycles. The number of aromatic nitrogens is 2. The molecule has 0 atom stereocenters. The van der Waals surface area contributed by atoms with Crippen LogP contribution in [0.1, 0.15) is 5.56 Å². The molecule has 128 valence electrons. The van der Waals surface area contributed by atoms with Crippen molar-refractivity contribution >= 4 is 23.0 Å². The van der Waals surface area contributed by atoms with Crippen molar-refractivity contribution in [3.63, 3.8) is 0 Å². The summed E-state index contributed by atoms with van der Waals surface area (Å²) in [6, 6.07) is 9.09. The predicted octanol–water partition coefficient (Wildman–Crippen LogP) is 3.83. The van der Waals surface area contributed by atoms with Crippen LogP contribution >= 0.6 is 0 Å². The molecule has 0 aliphatic rings. The maximum atomic E-state index is 13.7. The van der Waals surface area contributed by atoms with Gasteiger partial charge in [-0.3, -0.25) is 0 Å². The Balaban J connectivity index is 1.76. The third kappa shape index (κ3) is 3.97. The third-order valence-corrected chi connectivity index (χ3v) is 3.44. The minimum Gasteiger partial charge on any atom is -0.393 e. The standard InChI is InChI=1S/C17H14F3N5/c18-11-3-1-10(2-4-11)8-22-16-15(21)17(24-9-23-16)25-14-6-5-12(19)7-13(14)20/h1-7,9H,8,21H2,(H2,22,23,24,25). The zero-order valence-electron chi connectivity index (χ0n) is 12.9. The Bertz CT molecular complexity index is 884. The van der Waals surface area contributed by atoms with E-state index in [2.05, 4.69) is 20.6 Å². The highest BCUT2D eigenvalue weighted by molar-refractivity contribution is 5.77. The van der Waals surface area contributed by atoms with Crippen molar-refractivity contribution in [3.8, 4) is 0 Å². The molecule has 0 aliphatic carbocycles. The number of anilines is 4. The molecule has 3 aromatic rings. The average molecular weight is 345 g/mol. The van der Waals surface area contributed by atoms with Gasteiger partial charge in [0.1, 0.15) is 29.5 Å². The second-order valence-corrected chi connectivity index (χ2v) is 5.21. The Labute approximate surface area is 141 Å². The fourth-order valence-corrected chi connectivity index (χ4v) is 2.14. The van der Waals surface area contributed by atoms with Gasteiger partial charge >= 0.3 is 0 Å². The van der Waals surface area contributed by atoms with Gasteiger partial charge in [-0.15, -0.1) is 0 Å². The van der Waals surface area contributed by atoms with Crippen LogP contribution in [0.25, 0.3) is 0 Å². The van der Waals surface area contributed by atoms with E-state index < -0.39 is 11.6 Å². The number of nitrogen functional groups attached to an aromatic ring is 1. The minimum absolute atomic E-state index is 0.0382. The van der Waals surface area contributed by atoms with Crippen LogP contribution in [-0.4, -0.2) is 9.97 Å². The number of hydrogen-bond donors (Lipinski definition) is 3. The highest BCUT2D eigenvalue weighted by Gasteiger charge is 2.11. The van der Waals surface area contributed by atoms with E-state index in [4.69, 9.17) is 5.73 Å². The Morgan fingerprint density at radius 1 is 0.880 bits per heavy atom. The van der Waals surface area contributed by atoms with Crippen molar-refractivity contribution in [2.75, 3.05) is 16.4 Å². The molecule has 0 saturated carbocycles. The summed E-state index contributed by atoms with van der Waals surface area (Å²) in [7, 11) is 0. The van der Waals surface area contributed by atoms with Crippen LogP contribution in [0.3, 0.4) is 0 Å². The minimum atomic E-state index is -0.765. The lowest BCUT2D eigenvalue weighted by Crippen LogP contribution is -2.08. The summed E-state index contributed by atoms with van der Waals surface area (Å²) >= 11 is 0. The lowest BCUT2D eigenvalue weighted by molar-refractivity contribution is 0.586. The van der Waals surface area contributed by atoms with Crippen molar-refractivity contribution in [1.29, 1.82) is 0 Å². The van der Waals surface area contributed by atoms with E-state index in [0.29, 0.717) is 12.4 Å². The smallest absolute Gasteiger partial charge is 0.159 e. The molecule has 0 amide bonds. The Morgan fingerprint density at radius 3 is 2.28 bits per heavy atom. The van der Waals surface area contributed by atoms with Crippen LogP contribution in [0.5, 0.6) is 0 Å². The monoisotopic (exact) mass is 345 g/mol. The summed E-state index contributed by atoms with van der Waals surface area (Å²) in [6.07, 6.45) is 1.26. The summed E-state index contributed by atoms with van der Waals surface area (Å²) < 4.78 is 39.6. The number of halogens is 3. The molecule has 5 nitrogen and oxygen atoms in total. The number of nitrogens with zero attached hydrogens (tertiary/aromatic N) is 2. The van der Waals surface area contributed by atoms with Gasteiger partial charge in [0.25, 0.3) is 0 Å². The van der Waals surface area contributed by atoms with Crippen LogP contribution in [-0.2, 0) is 6.54 Å². The topological polar surface area (TPSA) is 75.9 Å². The van der Waals surface area contributed by atoms with Crippen molar-refractivity contribution in [2.24, 2.45) is 0 Å². The van der Waals surface area contributed by atoms with Gasteiger partial charge in [0.15, 0.2) is 11.6 Å². The molecule has 2 aromatic carbocycles. The maximum absolute atomic E-state index is 13.7. The van der Waals surface area contributed by atoms with E-state index in [1.165, 1.54) is 24.5 Å². The van der Waals surface area contributed by atoms with E-state index >= 15 is 0 Å². The molecular weight excluding hydrogens is 331 g/mol. The molecular formula is C17H14F3N5. The first-order valence-electron chi connectivity index (χ1n) is 7.34. The molecule has 8 heteroatoms. The molecule has 0 spiro atoms. The van der Waals surface area contributed by atoms with Gasteiger partial charge in [-0.2, -0.15) is 0 Å². The second kappa shape index (κ2) is 7.08. The second-order valence-electron chi connectivity index (χ2n) is 5.21. The highest BCUT2D eigenvalue weighted by atomic mass is 19.1. The molecule has 0 saturated heterocycles. The molecule has 0 bridgehead atoms. The molecule has 0 radical (unpaired) electrons. The zero-order chi connectivity index (χ0) is 17.8. The van der Waals surface area contributed by atoms with Gasteiger partial charge < -0.3 is 16.4 Å². The lowest BCUT2D eigenvalue weighted by atomic mass is 10.2. The number of hydrogen-bond acceptors (Lipinski definition) is 5. The van der Waals surface area contributed by atoms with Crippen LogP contribution in [0.4, 0.5) is 36.2 Å². The fraction of sp³-hybridized carbons (Fsp3) is 0.0588. The first-order valence-corrected chi connectivity index (χ1v) is 7.34. The molecule has 4 N–H and O–H groups in total. The quantitative estimate of drug-likeness (QED) is 0.655. The van der Waals surface area contributed by atoms with Crippen LogP contribution in [0.2, 0.25) is 0 Å². The number of rotatable bonds is 5. The largest absolute Gasteiger partial charge is 0.393 e. The maximum Gasteiger partial charge on any atom is 0.159 e. The van der Waals surface area contributed by atoms with Crippen molar-refractivity contribution in [1.82, 2.24) is 9.97 Å². The number of benzene rings is 2. The van der Waals surface area contributed by atoms with Gasteiger partial charge in [0, 0.05) is 12.6 Å². The van der Waals surface area contributed by atoms with E-state index in [9.17, 15) is 13.2 Å². The molecule has 1 aromatic heterocycles.